The molecule has 0 aliphatic rings. The van der Waals surface area contributed by atoms with Crippen molar-refractivity contribution >= 4 is 33.0 Å². The first kappa shape index (κ1) is 20.6. The maximum Gasteiger partial charge on any atom is 1.00 e. The molecule has 1 aromatic carbocycles. The van der Waals surface area contributed by atoms with Gasteiger partial charge < -0.3 is 14.5 Å². The van der Waals surface area contributed by atoms with Gasteiger partial charge in [0.05, 0.1) is 5.97 Å². The number of hydrogen-bond donors (Lipinski definition) is 0. The van der Waals surface area contributed by atoms with Crippen molar-refractivity contribution in [2.24, 2.45) is 0 Å². The predicted octanol–water partition coefficient (Wildman–Crippen LogP) is -5.32. The van der Waals surface area contributed by atoms with Gasteiger partial charge in [0, 0.05) is 14.9 Å². The van der Waals surface area contributed by atoms with Crippen LogP contribution < -0.4 is 64.2 Å². The van der Waals surface area contributed by atoms with Crippen LogP contribution in [-0.4, -0.2) is 14.7 Å². The van der Waals surface area contributed by atoms with Gasteiger partial charge >= 0.3 is 59.1 Å². The van der Waals surface area contributed by atoms with Crippen LogP contribution in [0.5, 0.6) is 0 Å². The standard InChI is InChI=1S/C9H9BrO4S.2Na/c1-4-6(10)3-7(15(13)14)5(2)8(4)9(11)12;;/h3H,1-2H3,(H,11,12)(H,13,14);;/q;2*+1/p-2. The minimum atomic E-state index is -2.46. The molecule has 0 bridgehead atoms. The smallest absolute Gasteiger partial charge is 0.768 e. The average Bonchev–Trinajstić information content (AvgIpc) is 2.10. The zero-order chi connectivity index (χ0) is 11.7. The molecular weight excluding hydrogens is 330 g/mol. The van der Waals surface area contributed by atoms with Crippen molar-refractivity contribution in [3.63, 3.8) is 0 Å². The number of carboxylic acid groups (broad SMARTS) is 1. The number of hydrogen-bond acceptors (Lipinski definition) is 4. The fraction of sp³-hybridized carbons (Fsp3) is 0.222. The molecule has 0 radical (unpaired) electrons. The molecule has 0 saturated carbocycles. The van der Waals surface area contributed by atoms with Crippen molar-refractivity contribution in [2.45, 2.75) is 18.7 Å². The van der Waals surface area contributed by atoms with E-state index in [0.29, 0.717) is 10.0 Å². The SMILES string of the molecule is Cc1c(Br)cc(S(=O)[O-])c(C)c1C(=O)[O-].[Na+].[Na+]. The van der Waals surface area contributed by atoms with Crippen LogP contribution in [0.2, 0.25) is 0 Å². The topological polar surface area (TPSA) is 80.3 Å². The molecule has 17 heavy (non-hydrogen) atoms. The Kier molecular flexibility index (Phi) is 10.2. The van der Waals surface area contributed by atoms with E-state index in [1.165, 1.54) is 13.0 Å². The molecule has 0 fully saturated rings. The van der Waals surface area contributed by atoms with Crippen LogP contribution in [0, 0.1) is 13.8 Å². The van der Waals surface area contributed by atoms with E-state index < -0.39 is 17.0 Å². The molecule has 4 nitrogen and oxygen atoms in total. The summed E-state index contributed by atoms with van der Waals surface area (Å²) >= 11 is 0.646. The third-order valence-corrected chi connectivity index (χ3v) is 3.73. The molecule has 0 aliphatic heterocycles. The Labute approximate surface area is 155 Å². The van der Waals surface area contributed by atoms with Gasteiger partial charge in [-0.25, -0.2) is 0 Å². The van der Waals surface area contributed by atoms with E-state index in [-0.39, 0.29) is 75.1 Å². The Balaban J connectivity index is 0. The van der Waals surface area contributed by atoms with Gasteiger partial charge in [0.15, 0.2) is 0 Å². The maximum absolute atomic E-state index is 10.8. The monoisotopic (exact) mass is 336 g/mol. The second kappa shape index (κ2) is 8.45. The van der Waals surface area contributed by atoms with Crippen molar-refractivity contribution in [1.82, 2.24) is 0 Å². The van der Waals surface area contributed by atoms with Crippen molar-refractivity contribution in [3.8, 4) is 0 Å². The van der Waals surface area contributed by atoms with E-state index in [0.717, 1.165) is 0 Å². The fourth-order valence-electron chi connectivity index (χ4n) is 1.33. The van der Waals surface area contributed by atoms with Crippen molar-refractivity contribution in [1.29, 1.82) is 0 Å². The first-order valence-electron chi connectivity index (χ1n) is 3.96. The van der Waals surface area contributed by atoms with E-state index >= 15 is 0 Å². The average molecular weight is 337 g/mol. The summed E-state index contributed by atoms with van der Waals surface area (Å²) in [6.45, 7) is 3.02. The van der Waals surface area contributed by atoms with Gasteiger partial charge in [-0.05, 0) is 42.1 Å². The number of carboxylic acids is 1. The normalized spacial score (nSPS) is 11.1. The van der Waals surface area contributed by atoms with Crippen LogP contribution in [-0.2, 0) is 11.1 Å². The molecule has 0 heterocycles. The summed E-state index contributed by atoms with van der Waals surface area (Å²) in [4.78, 5) is 10.8. The zero-order valence-electron chi connectivity index (χ0n) is 10.00. The molecule has 8 heteroatoms. The number of rotatable bonds is 2. The molecule has 0 spiro atoms. The third-order valence-electron chi connectivity index (χ3n) is 2.12. The van der Waals surface area contributed by atoms with E-state index in [1.807, 2.05) is 0 Å². The Hall–Kier alpha value is 1.28. The first-order chi connectivity index (χ1) is 6.86. The molecule has 0 N–H and O–H groups in total. The minimum absolute atomic E-state index is 0. The van der Waals surface area contributed by atoms with E-state index in [1.54, 1.807) is 6.92 Å². The molecule has 0 aliphatic carbocycles. The maximum atomic E-state index is 10.8. The third kappa shape index (κ3) is 4.71. The zero-order valence-corrected chi connectivity index (χ0v) is 16.4. The van der Waals surface area contributed by atoms with Crippen molar-refractivity contribution in [3.05, 3.63) is 27.2 Å². The Morgan fingerprint density at radius 1 is 1.29 bits per heavy atom. The largest absolute Gasteiger partial charge is 1.00 e. The van der Waals surface area contributed by atoms with Gasteiger partial charge in [0.1, 0.15) is 0 Å². The molecule has 0 saturated heterocycles. The van der Waals surface area contributed by atoms with Crippen LogP contribution in [0.1, 0.15) is 21.5 Å². The molecule has 1 rings (SSSR count). The summed E-state index contributed by atoms with van der Waals surface area (Å²) in [5.41, 5.74) is 0.578. The van der Waals surface area contributed by atoms with Gasteiger partial charge in [-0.1, -0.05) is 15.9 Å². The molecule has 1 unspecified atom stereocenters. The fourth-order valence-corrected chi connectivity index (χ4v) is 2.48. The van der Waals surface area contributed by atoms with E-state index in [9.17, 15) is 18.7 Å². The molecule has 0 amide bonds. The molecule has 0 aromatic heterocycles. The summed E-state index contributed by atoms with van der Waals surface area (Å²) in [7, 11) is 0. The quantitative estimate of drug-likeness (QED) is 0.399. The van der Waals surface area contributed by atoms with E-state index in [2.05, 4.69) is 15.9 Å². The molecule has 1 aromatic rings. The Morgan fingerprint density at radius 3 is 2.12 bits per heavy atom. The predicted molar refractivity (Wildman–Crippen MR) is 55.1 cm³/mol. The van der Waals surface area contributed by atoms with E-state index in [4.69, 9.17) is 0 Å². The van der Waals surface area contributed by atoms with Gasteiger partial charge in [-0.2, -0.15) is 0 Å². The van der Waals surface area contributed by atoms with Gasteiger partial charge in [0.25, 0.3) is 0 Å². The Morgan fingerprint density at radius 2 is 1.76 bits per heavy atom. The van der Waals surface area contributed by atoms with Crippen LogP contribution in [0.4, 0.5) is 0 Å². The number of benzene rings is 1. The van der Waals surface area contributed by atoms with Crippen LogP contribution in [0.25, 0.3) is 0 Å². The van der Waals surface area contributed by atoms with Gasteiger partial charge in [-0.3, -0.25) is 4.21 Å². The summed E-state index contributed by atoms with van der Waals surface area (Å²) in [6, 6.07) is 1.38. The van der Waals surface area contributed by atoms with Gasteiger partial charge in [0.2, 0.25) is 0 Å². The van der Waals surface area contributed by atoms with Crippen molar-refractivity contribution < 1.29 is 77.8 Å². The van der Waals surface area contributed by atoms with Gasteiger partial charge in [-0.15, -0.1) is 0 Å². The molecular formula is C9H7BrNa2O4S. The second-order valence-electron chi connectivity index (χ2n) is 3.00. The first-order valence-corrected chi connectivity index (χ1v) is 5.83. The molecule has 82 valence electrons. The number of halogens is 1. The number of aromatic carboxylic acids is 1. The summed E-state index contributed by atoms with van der Waals surface area (Å²) in [5, 5.41) is 10.8. The van der Waals surface area contributed by atoms with Crippen LogP contribution >= 0.6 is 15.9 Å². The number of carbonyl (C=O) groups excluding carboxylic acids is 1. The van der Waals surface area contributed by atoms with Crippen LogP contribution in [0.3, 0.4) is 0 Å². The summed E-state index contributed by atoms with van der Waals surface area (Å²) in [6.07, 6.45) is 0. The second-order valence-corrected chi connectivity index (χ2v) is 4.77. The van der Waals surface area contributed by atoms with Crippen molar-refractivity contribution in [2.75, 3.05) is 0 Å². The summed E-state index contributed by atoms with van der Waals surface area (Å²) in [5.74, 6) is -1.38. The Bertz CT molecular complexity index is 465. The minimum Gasteiger partial charge on any atom is -0.768 e. The summed E-state index contributed by atoms with van der Waals surface area (Å²) < 4.78 is 22.1. The number of carbonyl (C=O) groups is 1. The van der Waals surface area contributed by atoms with Crippen LogP contribution in [0.15, 0.2) is 15.4 Å². The molecule has 1 atom stereocenters.